The monoisotopic (exact) mass is 340 g/mol. The van der Waals surface area contributed by atoms with Gasteiger partial charge in [-0.1, -0.05) is 25.2 Å². The molecule has 130 valence electrons. The maximum absolute atomic E-state index is 11.9. The van der Waals surface area contributed by atoms with Crippen LogP contribution in [0.3, 0.4) is 0 Å². The van der Waals surface area contributed by atoms with Crippen LogP contribution in [0.2, 0.25) is 0 Å². The molecular weight excluding hydrogens is 320 g/mol. The summed E-state index contributed by atoms with van der Waals surface area (Å²) in [4.78, 5) is 11.9. The third-order valence-corrected chi connectivity index (χ3v) is 6.09. The van der Waals surface area contributed by atoms with Gasteiger partial charge in [-0.15, -0.1) is 0 Å². The molecule has 0 radical (unpaired) electrons. The predicted octanol–water partition coefficient (Wildman–Crippen LogP) is 3.46. The van der Waals surface area contributed by atoms with E-state index in [1.807, 2.05) is 24.3 Å². The largest absolute Gasteiger partial charge is 0.472 e. The molecule has 1 aromatic heterocycles. The van der Waals surface area contributed by atoms with Crippen molar-refractivity contribution in [3.05, 3.63) is 59.6 Å². The minimum atomic E-state index is -0.280. The number of fused-ring (bicyclic) bond motifs is 1. The molecule has 3 aliphatic heterocycles. The summed E-state index contributed by atoms with van der Waals surface area (Å²) in [6.07, 6.45) is 12.7. The summed E-state index contributed by atoms with van der Waals surface area (Å²) in [7, 11) is 0. The molecule has 0 saturated carbocycles. The van der Waals surface area contributed by atoms with Crippen molar-refractivity contribution in [2.75, 3.05) is 6.61 Å². The lowest BCUT2D eigenvalue weighted by Crippen LogP contribution is -2.30. The molecule has 2 unspecified atom stereocenters. The topological polar surface area (TPSA) is 57.9 Å². The van der Waals surface area contributed by atoms with Gasteiger partial charge in [0.15, 0.2) is 6.29 Å². The smallest absolute Gasteiger partial charge is 0.338 e. The average molecular weight is 340 g/mol. The highest BCUT2D eigenvalue weighted by molar-refractivity contribution is 5.94. The zero-order chi connectivity index (χ0) is 17.0. The van der Waals surface area contributed by atoms with E-state index in [-0.39, 0.29) is 35.8 Å². The minimum Gasteiger partial charge on any atom is -0.472 e. The molecular formula is C20H20O5. The minimum absolute atomic E-state index is 0.0186. The quantitative estimate of drug-likeness (QED) is 0.733. The number of rotatable bonds is 1. The maximum atomic E-state index is 11.9. The normalized spacial score (nSPS) is 42.0. The fraction of sp³-hybridized carbons (Fsp3) is 0.450. The van der Waals surface area contributed by atoms with Crippen LogP contribution in [0.4, 0.5) is 0 Å². The van der Waals surface area contributed by atoms with Crippen molar-refractivity contribution in [1.82, 2.24) is 0 Å². The number of hydrogen-bond acceptors (Lipinski definition) is 5. The molecule has 1 spiro atoms. The first-order chi connectivity index (χ1) is 12.2. The van der Waals surface area contributed by atoms with Gasteiger partial charge in [-0.25, -0.2) is 4.79 Å². The number of esters is 1. The van der Waals surface area contributed by atoms with Crippen LogP contribution in [-0.2, 0) is 19.0 Å². The summed E-state index contributed by atoms with van der Waals surface area (Å²) >= 11 is 0. The van der Waals surface area contributed by atoms with Gasteiger partial charge >= 0.3 is 5.97 Å². The first kappa shape index (κ1) is 15.2. The number of carbonyl (C=O) groups excluding carboxylic acids is 1. The van der Waals surface area contributed by atoms with Gasteiger partial charge in [0.25, 0.3) is 0 Å². The van der Waals surface area contributed by atoms with E-state index in [0.29, 0.717) is 18.6 Å². The molecule has 4 aliphatic rings. The second-order valence-electron chi connectivity index (χ2n) is 7.31. The molecule has 2 fully saturated rings. The van der Waals surface area contributed by atoms with Gasteiger partial charge in [0.2, 0.25) is 0 Å². The Bertz CT molecular complexity index is 787. The fourth-order valence-corrected chi connectivity index (χ4v) is 4.54. The number of hydrogen-bond donors (Lipinski definition) is 0. The third kappa shape index (κ3) is 2.19. The third-order valence-electron chi connectivity index (χ3n) is 6.09. The molecule has 2 bridgehead atoms. The van der Waals surface area contributed by atoms with Gasteiger partial charge in [0.1, 0.15) is 6.61 Å². The van der Waals surface area contributed by atoms with Crippen LogP contribution in [0, 0.1) is 11.3 Å². The van der Waals surface area contributed by atoms with Crippen molar-refractivity contribution in [2.24, 2.45) is 11.3 Å². The van der Waals surface area contributed by atoms with Gasteiger partial charge in [-0.05, 0) is 36.5 Å². The van der Waals surface area contributed by atoms with Crippen LogP contribution in [0.25, 0.3) is 0 Å². The Balaban J connectivity index is 1.50. The van der Waals surface area contributed by atoms with Crippen LogP contribution in [-0.4, -0.2) is 25.0 Å². The zero-order valence-corrected chi connectivity index (χ0v) is 14.0. The van der Waals surface area contributed by atoms with E-state index in [9.17, 15) is 4.79 Å². The standard InChI is InChI=1S/C20H20O5/c1-12-16-8-14-11-23-18(21)15(14)4-2-3-6-20(12)9-17(25-19(20)24-16)13-5-7-22-10-13/h2-7,10,12,16-17,19H,8-9,11H2,1H3/b4-2-,6-3-/t12-,16-,17?,19?,20-/m1/s1. The van der Waals surface area contributed by atoms with Crippen molar-refractivity contribution in [1.29, 1.82) is 0 Å². The molecule has 1 aromatic rings. The Morgan fingerprint density at radius 1 is 1.24 bits per heavy atom. The van der Waals surface area contributed by atoms with Gasteiger partial charge < -0.3 is 18.6 Å². The Kier molecular flexibility index (Phi) is 3.30. The fourth-order valence-electron chi connectivity index (χ4n) is 4.54. The first-order valence-electron chi connectivity index (χ1n) is 8.75. The van der Waals surface area contributed by atoms with Crippen LogP contribution in [0.5, 0.6) is 0 Å². The van der Waals surface area contributed by atoms with E-state index < -0.39 is 0 Å². The van der Waals surface area contributed by atoms with Crippen molar-refractivity contribution < 1.29 is 23.4 Å². The Hall–Kier alpha value is -2.11. The summed E-state index contributed by atoms with van der Waals surface area (Å²) in [5.41, 5.74) is 2.58. The van der Waals surface area contributed by atoms with E-state index in [1.54, 1.807) is 12.5 Å². The van der Waals surface area contributed by atoms with Gasteiger partial charge in [-0.2, -0.15) is 0 Å². The zero-order valence-electron chi connectivity index (χ0n) is 14.0. The summed E-state index contributed by atoms with van der Waals surface area (Å²) in [6, 6.07) is 1.95. The molecule has 2 saturated heterocycles. The maximum Gasteiger partial charge on any atom is 0.338 e. The number of carbonyl (C=O) groups is 1. The molecule has 25 heavy (non-hydrogen) atoms. The molecule has 5 heteroatoms. The second kappa shape index (κ2) is 5.44. The number of cyclic esters (lactones) is 1. The SMILES string of the molecule is C[C@@H]1[C@H]2CC3=C(/C=C\C=C/[C@@]14CC(c1ccoc1)OC4O2)C(=O)OC3. The van der Waals surface area contributed by atoms with Crippen molar-refractivity contribution in [3.8, 4) is 0 Å². The predicted molar refractivity (Wildman–Crippen MR) is 88.3 cm³/mol. The van der Waals surface area contributed by atoms with Crippen LogP contribution in [0.15, 0.2) is 58.5 Å². The van der Waals surface area contributed by atoms with Crippen molar-refractivity contribution in [2.45, 2.75) is 38.3 Å². The molecule has 0 aromatic carbocycles. The van der Waals surface area contributed by atoms with Gasteiger partial charge in [-0.3, -0.25) is 0 Å². The summed E-state index contributed by atoms with van der Waals surface area (Å²) in [6.45, 7) is 2.59. The lowest BCUT2D eigenvalue weighted by atomic mass is 9.71. The van der Waals surface area contributed by atoms with Crippen molar-refractivity contribution >= 4 is 5.97 Å². The summed E-state index contributed by atoms with van der Waals surface area (Å²) in [5, 5.41) is 0. The molecule has 5 nitrogen and oxygen atoms in total. The Morgan fingerprint density at radius 2 is 2.16 bits per heavy atom. The first-order valence-corrected chi connectivity index (χ1v) is 8.75. The highest BCUT2D eigenvalue weighted by Crippen LogP contribution is 2.58. The molecule has 0 amide bonds. The van der Waals surface area contributed by atoms with Crippen LogP contribution < -0.4 is 0 Å². The summed E-state index contributed by atoms with van der Waals surface area (Å²) in [5.74, 6) is 0.0404. The molecule has 5 atom stereocenters. The van der Waals surface area contributed by atoms with E-state index in [2.05, 4.69) is 13.0 Å². The van der Waals surface area contributed by atoms with E-state index >= 15 is 0 Å². The molecule has 1 aliphatic carbocycles. The Morgan fingerprint density at radius 3 is 3.00 bits per heavy atom. The molecule has 4 heterocycles. The van der Waals surface area contributed by atoms with E-state index in [0.717, 1.165) is 17.6 Å². The number of allylic oxidation sites excluding steroid dienone is 2. The van der Waals surface area contributed by atoms with Gasteiger partial charge in [0, 0.05) is 11.0 Å². The highest BCUT2D eigenvalue weighted by Gasteiger charge is 2.59. The number of ether oxygens (including phenoxy) is 3. The van der Waals surface area contributed by atoms with Gasteiger partial charge in [0.05, 0.1) is 30.3 Å². The van der Waals surface area contributed by atoms with Crippen LogP contribution in [0.1, 0.15) is 31.4 Å². The second-order valence-corrected chi connectivity index (χ2v) is 7.31. The van der Waals surface area contributed by atoms with Crippen molar-refractivity contribution in [3.63, 3.8) is 0 Å². The van der Waals surface area contributed by atoms with E-state index in [4.69, 9.17) is 18.6 Å². The molecule has 0 N–H and O–H groups in total. The Labute approximate surface area is 145 Å². The van der Waals surface area contributed by atoms with E-state index in [1.165, 1.54) is 0 Å². The number of furan rings is 1. The molecule has 5 rings (SSSR count). The lowest BCUT2D eigenvalue weighted by Gasteiger charge is -2.28. The highest BCUT2D eigenvalue weighted by atomic mass is 16.7. The van der Waals surface area contributed by atoms with Crippen LogP contribution >= 0.6 is 0 Å². The summed E-state index contributed by atoms with van der Waals surface area (Å²) < 4.78 is 23.0. The lowest BCUT2D eigenvalue weighted by molar-refractivity contribution is -0.147. The average Bonchev–Trinajstić information content (AvgIpc) is 3.34.